The van der Waals surface area contributed by atoms with Gasteiger partial charge in [0.15, 0.2) is 17.5 Å². The van der Waals surface area contributed by atoms with E-state index in [9.17, 15) is 17.6 Å². The lowest BCUT2D eigenvalue weighted by molar-refractivity contribution is -0.118. The maximum absolute atomic E-state index is 15.3. The molecule has 0 saturated heterocycles. The molecule has 4 N–H and O–H groups in total. The molecular weight excluding hydrogens is 588 g/mol. The molecule has 13 heteroatoms. The van der Waals surface area contributed by atoms with Crippen LogP contribution < -0.4 is 16.0 Å². The fourth-order valence-corrected chi connectivity index (χ4v) is 5.65. The van der Waals surface area contributed by atoms with Crippen LogP contribution in [0, 0.1) is 11.6 Å². The molecule has 5 rings (SSSR count). The number of H-pyrrole nitrogens is 1. The first kappa shape index (κ1) is 31.1. The minimum atomic E-state index is -3.89. The topological polar surface area (TPSA) is 132 Å². The lowest BCUT2D eigenvalue weighted by atomic mass is 10.1. The van der Waals surface area contributed by atoms with Crippen LogP contribution in [0.5, 0.6) is 0 Å². The van der Waals surface area contributed by atoms with E-state index in [2.05, 4.69) is 31.1 Å². The molecule has 1 atom stereocenters. The van der Waals surface area contributed by atoms with Crippen molar-refractivity contribution in [2.75, 3.05) is 30.0 Å². The zero-order chi connectivity index (χ0) is 31.3. The van der Waals surface area contributed by atoms with Crippen molar-refractivity contribution >= 4 is 33.4 Å². The van der Waals surface area contributed by atoms with Crippen LogP contribution in [-0.4, -0.2) is 53.2 Å². The van der Waals surface area contributed by atoms with Gasteiger partial charge in [0.25, 0.3) is 0 Å². The Morgan fingerprint density at radius 3 is 2.50 bits per heavy atom. The third-order valence-electron chi connectivity index (χ3n) is 7.46. The molecule has 1 unspecified atom stereocenters. The van der Waals surface area contributed by atoms with Crippen molar-refractivity contribution < 1.29 is 22.0 Å². The van der Waals surface area contributed by atoms with E-state index in [1.807, 2.05) is 43.3 Å². The standard InChI is InChI=1S/C31H35F2N7O3S/c1-20(22-10-12-25(32)13-11-22)35-30-24(16-26(33)31(37-30)36-28-17-27(38-39-28)23-8-9-23)18-34-29(41)19-44(42,43)40(2)15-14-21-6-4-3-5-7-21/h3-7,10-13,16-17,20,23H,8-9,14-15,18-19H2,1-2H3,(H,34,41)(H3,35,36,37,38,39). The number of hydrogen-bond donors (Lipinski definition) is 4. The summed E-state index contributed by atoms with van der Waals surface area (Å²) in [6, 6.07) is 18.1. The number of halogens is 2. The average Bonchev–Trinajstić information content (AvgIpc) is 3.75. The summed E-state index contributed by atoms with van der Waals surface area (Å²) in [4.78, 5) is 17.2. The van der Waals surface area contributed by atoms with Crippen molar-refractivity contribution in [3.8, 4) is 0 Å². The second-order valence-corrected chi connectivity index (χ2v) is 13.0. The smallest absolute Gasteiger partial charge is 0.236 e. The van der Waals surface area contributed by atoms with Crippen LogP contribution >= 0.6 is 0 Å². The van der Waals surface area contributed by atoms with E-state index in [0.29, 0.717) is 23.7 Å². The van der Waals surface area contributed by atoms with Crippen LogP contribution in [0.4, 0.5) is 26.2 Å². The normalized spacial score (nSPS) is 13.9. The number of sulfonamides is 1. The van der Waals surface area contributed by atoms with Crippen molar-refractivity contribution in [1.82, 2.24) is 24.8 Å². The third kappa shape index (κ3) is 8.17. The molecule has 0 radical (unpaired) electrons. The summed E-state index contributed by atoms with van der Waals surface area (Å²) in [6.07, 6.45) is 2.66. The van der Waals surface area contributed by atoms with E-state index in [1.165, 1.54) is 25.2 Å². The van der Waals surface area contributed by atoms with Crippen molar-refractivity contribution in [1.29, 1.82) is 0 Å². The van der Waals surface area contributed by atoms with E-state index >= 15 is 4.39 Å². The van der Waals surface area contributed by atoms with Gasteiger partial charge in [-0.1, -0.05) is 42.5 Å². The Balaban J connectivity index is 1.28. The number of pyridine rings is 1. The molecule has 1 amide bonds. The summed E-state index contributed by atoms with van der Waals surface area (Å²) in [5.41, 5.74) is 3.01. The molecule has 0 bridgehead atoms. The molecular formula is C31H35F2N7O3S. The number of rotatable bonds is 14. The molecule has 1 aliphatic carbocycles. The first-order valence-corrected chi connectivity index (χ1v) is 16.0. The van der Waals surface area contributed by atoms with Crippen LogP contribution in [0.15, 0.2) is 66.7 Å². The van der Waals surface area contributed by atoms with Crippen LogP contribution in [0.1, 0.15) is 54.1 Å². The van der Waals surface area contributed by atoms with Gasteiger partial charge in [0.1, 0.15) is 17.4 Å². The van der Waals surface area contributed by atoms with Crippen LogP contribution in [0.2, 0.25) is 0 Å². The molecule has 1 aliphatic rings. The average molecular weight is 624 g/mol. The third-order valence-corrected chi connectivity index (χ3v) is 9.22. The summed E-state index contributed by atoms with van der Waals surface area (Å²) in [5.74, 6) is -1.52. The summed E-state index contributed by atoms with van der Waals surface area (Å²) in [5, 5.41) is 15.9. The largest absolute Gasteiger partial charge is 0.363 e. The number of likely N-dealkylation sites (N-methyl/N-ethyl adjacent to an activating group) is 1. The van der Waals surface area contributed by atoms with Crippen molar-refractivity contribution in [2.45, 2.75) is 44.7 Å². The number of carbonyl (C=O) groups excluding carboxylic acids is 1. The SMILES string of the molecule is CC(Nc1nc(Nc2cc(C3CC3)[nH]n2)c(F)cc1CNC(=O)CS(=O)(=O)N(C)CCc1ccccc1)c1ccc(F)cc1. The summed E-state index contributed by atoms with van der Waals surface area (Å²) >= 11 is 0. The van der Waals surface area contributed by atoms with Crippen LogP contribution in [0.25, 0.3) is 0 Å². The van der Waals surface area contributed by atoms with Gasteiger partial charge >= 0.3 is 0 Å². The van der Waals surface area contributed by atoms with Gasteiger partial charge in [-0.15, -0.1) is 0 Å². The van der Waals surface area contributed by atoms with Gasteiger partial charge in [0, 0.05) is 49.4 Å². The number of nitrogens with zero attached hydrogens (tertiary/aromatic N) is 3. The molecule has 1 fully saturated rings. The Morgan fingerprint density at radius 1 is 1.07 bits per heavy atom. The molecule has 2 aromatic carbocycles. The Morgan fingerprint density at radius 2 is 1.80 bits per heavy atom. The van der Waals surface area contributed by atoms with E-state index in [0.717, 1.165) is 34.0 Å². The maximum atomic E-state index is 15.3. The quantitative estimate of drug-likeness (QED) is 0.156. The predicted molar refractivity (Wildman–Crippen MR) is 165 cm³/mol. The van der Waals surface area contributed by atoms with E-state index in [1.54, 1.807) is 12.1 Å². The highest BCUT2D eigenvalue weighted by Crippen LogP contribution is 2.39. The van der Waals surface area contributed by atoms with E-state index in [-0.39, 0.29) is 36.6 Å². The minimum Gasteiger partial charge on any atom is -0.363 e. The highest BCUT2D eigenvalue weighted by molar-refractivity contribution is 7.89. The van der Waals surface area contributed by atoms with Gasteiger partial charge < -0.3 is 16.0 Å². The predicted octanol–water partition coefficient (Wildman–Crippen LogP) is 5.00. The summed E-state index contributed by atoms with van der Waals surface area (Å²) in [6.45, 7) is 1.87. The van der Waals surface area contributed by atoms with Gasteiger partial charge in [0.2, 0.25) is 15.9 Å². The molecule has 10 nitrogen and oxygen atoms in total. The Bertz CT molecular complexity index is 1700. The molecule has 1 saturated carbocycles. The number of benzene rings is 2. The molecule has 0 spiro atoms. The van der Waals surface area contributed by atoms with Gasteiger partial charge in [0.05, 0.1) is 0 Å². The Kier molecular flexibility index (Phi) is 9.55. The van der Waals surface area contributed by atoms with E-state index in [4.69, 9.17) is 0 Å². The Labute approximate surface area is 255 Å². The van der Waals surface area contributed by atoms with Gasteiger partial charge in [-0.3, -0.25) is 9.89 Å². The van der Waals surface area contributed by atoms with Crippen LogP contribution in [0.3, 0.4) is 0 Å². The zero-order valence-electron chi connectivity index (χ0n) is 24.5. The van der Waals surface area contributed by atoms with Crippen molar-refractivity contribution in [3.63, 3.8) is 0 Å². The second-order valence-electron chi connectivity index (χ2n) is 10.9. The Hall–Kier alpha value is -4.36. The monoisotopic (exact) mass is 623 g/mol. The van der Waals surface area contributed by atoms with Crippen LogP contribution in [-0.2, 0) is 27.8 Å². The lowest BCUT2D eigenvalue weighted by Crippen LogP contribution is -2.38. The fraction of sp³-hybridized carbons (Fsp3) is 0.323. The summed E-state index contributed by atoms with van der Waals surface area (Å²) in [7, 11) is -2.45. The molecule has 2 aromatic heterocycles. The first-order chi connectivity index (χ1) is 21.1. The van der Waals surface area contributed by atoms with Gasteiger partial charge in [-0.05, 0) is 55.5 Å². The highest BCUT2D eigenvalue weighted by Gasteiger charge is 2.26. The molecule has 44 heavy (non-hydrogen) atoms. The van der Waals surface area contributed by atoms with Crippen molar-refractivity contribution in [3.05, 3.63) is 101 Å². The zero-order valence-corrected chi connectivity index (χ0v) is 25.3. The number of aromatic amines is 1. The fourth-order valence-electron chi connectivity index (χ4n) is 4.63. The minimum absolute atomic E-state index is 0.0784. The second kappa shape index (κ2) is 13.5. The van der Waals surface area contributed by atoms with Crippen molar-refractivity contribution in [2.24, 2.45) is 0 Å². The number of anilines is 3. The molecule has 232 valence electrons. The number of carbonyl (C=O) groups is 1. The maximum Gasteiger partial charge on any atom is 0.236 e. The molecule has 2 heterocycles. The first-order valence-electron chi connectivity index (χ1n) is 14.4. The van der Waals surface area contributed by atoms with E-state index < -0.39 is 27.5 Å². The number of aromatic nitrogens is 3. The summed E-state index contributed by atoms with van der Waals surface area (Å²) < 4.78 is 55.6. The molecule has 0 aliphatic heterocycles. The number of amides is 1. The number of hydrogen-bond acceptors (Lipinski definition) is 7. The highest BCUT2D eigenvalue weighted by atomic mass is 32.2. The number of nitrogens with one attached hydrogen (secondary N) is 4. The molecule has 4 aromatic rings. The van der Waals surface area contributed by atoms with Gasteiger partial charge in [-0.2, -0.15) is 5.10 Å². The lowest BCUT2D eigenvalue weighted by Gasteiger charge is -2.20. The van der Waals surface area contributed by atoms with Gasteiger partial charge in [-0.25, -0.2) is 26.5 Å².